The Kier molecular flexibility index (Phi) is 5.45. The lowest BCUT2D eigenvalue weighted by Crippen LogP contribution is -2.51. The van der Waals surface area contributed by atoms with Crippen molar-refractivity contribution in [2.75, 3.05) is 13.2 Å². The molecule has 0 bridgehead atoms. The van der Waals surface area contributed by atoms with Gasteiger partial charge in [0.15, 0.2) is 11.6 Å². The fourth-order valence-corrected chi connectivity index (χ4v) is 4.51. The lowest BCUT2D eigenvalue weighted by atomic mass is 9.86. The molecule has 8 heteroatoms. The van der Waals surface area contributed by atoms with Crippen LogP contribution >= 0.6 is 0 Å². The third kappa shape index (κ3) is 3.77. The zero-order valence-corrected chi connectivity index (χ0v) is 18.0. The van der Waals surface area contributed by atoms with E-state index in [0.717, 1.165) is 0 Å². The molecule has 3 aliphatic rings. The number of benzene rings is 1. The number of hydrogen-bond acceptors (Lipinski definition) is 8. The van der Waals surface area contributed by atoms with Crippen LogP contribution in [-0.4, -0.2) is 66.1 Å². The normalized spacial score (nSPS) is 37.7. The second kappa shape index (κ2) is 7.55. The van der Waals surface area contributed by atoms with E-state index in [1.165, 1.54) is 0 Å². The summed E-state index contributed by atoms with van der Waals surface area (Å²) in [5.74, 6) is -5.46. The molecule has 1 N–H and O–H groups in total. The Hall–Kier alpha value is -1.55. The van der Waals surface area contributed by atoms with Crippen LogP contribution < -0.4 is 0 Å². The molecule has 0 spiro atoms. The van der Waals surface area contributed by atoms with Gasteiger partial charge < -0.3 is 33.5 Å². The predicted molar refractivity (Wildman–Crippen MR) is 104 cm³/mol. The van der Waals surface area contributed by atoms with Gasteiger partial charge in [-0.2, -0.15) is 0 Å². The first kappa shape index (κ1) is 21.7. The van der Waals surface area contributed by atoms with Gasteiger partial charge in [-0.05, 0) is 40.2 Å². The zero-order valence-electron chi connectivity index (χ0n) is 18.0. The van der Waals surface area contributed by atoms with Gasteiger partial charge in [0.25, 0.3) is 0 Å². The van der Waals surface area contributed by atoms with Gasteiger partial charge in [0, 0.05) is 0 Å². The molecule has 30 heavy (non-hydrogen) atoms. The summed E-state index contributed by atoms with van der Waals surface area (Å²) in [5.41, 5.74) is 0.565. The van der Waals surface area contributed by atoms with E-state index in [2.05, 4.69) is 0 Å². The van der Waals surface area contributed by atoms with Crippen LogP contribution in [0.15, 0.2) is 30.3 Å². The van der Waals surface area contributed by atoms with Crippen molar-refractivity contribution >= 4 is 5.97 Å². The van der Waals surface area contributed by atoms with E-state index in [1.54, 1.807) is 45.0 Å². The summed E-state index contributed by atoms with van der Waals surface area (Å²) in [6, 6.07) is 8.93. The van der Waals surface area contributed by atoms with Crippen LogP contribution in [0.25, 0.3) is 0 Å². The van der Waals surface area contributed by atoms with Gasteiger partial charge in [-0.1, -0.05) is 30.3 Å². The van der Waals surface area contributed by atoms with E-state index in [4.69, 9.17) is 28.4 Å². The molecule has 1 aromatic rings. The Morgan fingerprint density at radius 3 is 2.37 bits per heavy atom. The summed E-state index contributed by atoms with van der Waals surface area (Å²) in [4.78, 5) is 13.0. The molecule has 0 radical (unpaired) electrons. The predicted octanol–water partition coefficient (Wildman–Crippen LogP) is 2.09. The van der Waals surface area contributed by atoms with Crippen LogP contribution in [0.4, 0.5) is 0 Å². The molecule has 3 fully saturated rings. The summed E-state index contributed by atoms with van der Waals surface area (Å²) in [7, 11) is 0. The third-order valence-corrected chi connectivity index (χ3v) is 5.65. The van der Waals surface area contributed by atoms with Crippen molar-refractivity contribution in [1.29, 1.82) is 0 Å². The summed E-state index contributed by atoms with van der Waals surface area (Å²) < 4.78 is 35.3. The topological polar surface area (TPSA) is 92.7 Å². The van der Waals surface area contributed by atoms with Gasteiger partial charge in [-0.25, -0.2) is 0 Å². The van der Waals surface area contributed by atoms with Crippen molar-refractivity contribution in [3.8, 4) is 0 Å². The van der Waals surface area contributed by atoms with E-state index >= 15 is 0 Å². The molecule has 6 atom stereocenters. The molecule has 3 saturated heterocycles. The largest absolute Gasteiger partial charge is 0.465 e. The molecule has 0 aromatic heterocycles. The second-order valence-electron chi connectivity index (χ2n) is 8.82. The molecule has 3 aliphatic heterocycles. The second-order valence-corrected chi connectivity index (χ2v) is 8.82. The maximum absolute atomic E-state index is 13.0. The van der Waals surface area contributed by atoms with Crippen molar-refractivity contribution in [1.82, 2.24) is 0 Å². The highest BCUT2D eigenvalue weighted by Gasteiger charge is 2.69. The molecule has 3 heterocycles. The number of carbonyl (C=O) groups is 1. The van der Waals surface area contributed by atoms with E-state index in [1.807, 2.05) is 19.9 Å². The van der Waals surface area contributed by atoms with Gasteiger partial charge in [0.1, 0.15) is 30.3 Å². The maximum Gasteiger partial charge on any atom is 0.319 e. The van der Waals surface area contributed by atoms with Crippen LogP contribution in [0, 0.1) is 0 Å². The minimum Gasteiger partial charge on any atom is -0.465 e. The van der Waals surface area contributed by atoms with Gasteiger partial charge in [-0.3, -0.25) is 4.79 Å². The molecular formula is C22H30O8. The van der Waals surface area contributed by atoms with Crippen LogP contribution in [0.1, 0.15) is 46.1 Å². The monoisotopic (exact) mass is 422 g/mol. The van der Waals surface area contributed by atoms with Crippen molar-refractivity contribution in [3.63, 3.8) is 0 Å². The molecular weight excluding hydrogens is 392 g/mol. The van der Waals surface area contributed by atoms with Crippen molar-refractivity contribution in [3.05, 3.63) is 35.9 Å². The van der Waals surface area contributed by atoms with Gasteiger partial charge >= 0.3 is 5.97 Å². The summed E-state index contributed by atoms with van der Waals surface area (Å²) in [6.45, 7) is 9.32. The standard InChI is InChI=1S/C22H30O8/c1-6-25-19(23)15(13-10-8-7-9-11-13)22(24)18-17(28-21(4,5)30-18)16(29-22)14-12-26-20(2,3)27-14/h7-11,14-18,24H,6,12H2,1-5H3/t14-,15+,16-,17+,18+,22?/m1/s1. The Balaban J connectivity index is 1.73. The summed E-state index contributed by atoms with van der Waals surface area (Å²) in [5, 5.41) is 11.8. The Morgan fingerprint density at radius 2 is 1.77 bits per heavy atom. The van der Waals surface area contributed by atoms with Gasteiger partial charge in [0.2, 0.25) is 5.79 Å². The highest BCUT2D eigenvalue weighted by atomic mass is 16.8. The average Bonchev–Trinajstić information content (AvgIpc) is 3.27. The lowest BCUT2D eigenvalue weighted by molar-refractivity contribution is -0.292. The molecule has 4 rings (SSSR count). The van der Waals surface area contributed by atoms with E-state index in [-0.39, 0.29) is 13.2 Å². The highest BCUT2D eigenvalue weighted by molar-refractivity contribution is 5.80. The Bertz CT molecular complexity index is 779. The number of carbonyl (C=O) groups excluding carboxylic acids is 1. The highest BCUT2D eigenvalue weighted by Crippen LogP contribution is 2.51. The lowest BCUT2D eigenvalue weighted by Gasteiger charge is -2.36. The quantitative estimate of drug-likeness (QED) is 0.721. The molecule has 0 saturated carbocycles. The molecule has 8 nitrogen and oxygen atoms in total. The van der Waals surface area contributed by atoms with Crippen molar-refractivity contribution in [2.45, 2.75) is 82.3 Å². The smallest absolute Gasteiger partial charge is 0.319 e. The number of rotatable bonds is 5. The number of fused-ring (bicyclic) bond motifs is 1. The minimum absolute atomic E-state index is 0.173. The zero-order chi connectivity index (χ0) is 21.7. The minimum atomic E-state index is -2.01. The first-order chi connectivity index (χ1) is 14.1. The Morgan fingerprint density at radius 1 is 1.07 bits per heavy atom. The molecule has 1 unspecified atom stereocenters. The van der Waals surface area contributed by atoms with E-state index < -0.39 is 53.7 Å². The summed E-state index contributed by atoms with van der Waals surface area (Å²) in [6.07, 6.45) is -2.74. The third-order valence-electron chi connectivity index (χ3n) is 5.65. The van der Waals surface area contributed by atoms with Crippen molar-refractivity contribution in [2.24, 2.45) is 0 Å². The first-order valence-electron chi connectivity index (χ1n) is 10.4. The van der Waals surface area contributed by atoms with E-state index in [0.29, 0.717) is 5.56 Å². The fraction of sp³-hybridized carbons (Fsp3) is 0.682. The number of aliphatic hydroxyl groups is 1. The van der Waals surface area contributed by atoms with Crippen LogP contribution in [-0.2, 0) is 33.2 Å². The number of esters is 1. The number of hydrogen-bond donors (Lipinski definition) is 1. The first-order valence-corrected chi connectivity index (χ1v) is 10.4. The molecule has 0 aliphatic carbocycles. The maximum atomic E-state index is 13.0. The SMILES string of the molecule is CCOC(=O)[C@H](c1ccccc1)C1(O)O[C@H]([C@H]2COC(C)(C)O2)[C@@H]2OC(C)(C)O[C@@H]21. The van der Waals surface area contributed by atoms with Gasteiger partial charge in [-0.15, -0.1) is 0 Å². The summed E-state index contributed by atoms with van der Waals surface area (Å²) >= 11 is 0. The Labute approximate surface area is 176 Å². The van der Waals surface area contributed by atoms with Crippen LogP contribution in [0.5, 0.6) is 0 Å². The average molecular weight is 422 g/mol. The van der Waals surface area contributed by atoms with Gasteiger partial charge in [0.05, 0.1) is 13.2 Å². The van der Waals surface area contributed by atoms with Crippen LogP contribution in [0.3, 0.4) is 0 Å². The van der Waals surface area contributed by atoms with E-state index in [9.17, 15) is 9.90 Å². The fourth-order valence-electron chi connectivity index (χ4n) is 4.51. The molecule has 1 aromatic carbocycles. The van der Waals surface area contributed by atoms with Crippen LogP contribution in [0.2, 0.25) is 0 Å². The van der Waals surface area contributed by atoms with Crippen molar-refractivity contribution < 1.29 is 38.3 Å². The number of ether oxygens (including phenoxy) is 6. The molecule has 166 valence electrons. The molecule has 0 amide bonds.